The first-order chi connectivity index (χ1) is 14.5. The molecule has 2 aromatic heterocycles. The third kappa shape index (κ3) is 4.27. The highest BCUT2D eigenvalue weighted by atomic mass is 19.1. The Bertz CT molecular complexity index is 1010. The third-order valence-electron chi connectivity index (χ3n) is 5.29. The van der Waals surface area contributed by atoms with Gasteiger partial charge in [0, 0.05) is 52.2 Å². The molecule has 2 amide bonds. The maximum atomic E-state index is 13.1. The molecule has 0 spiro atoms. The number of urea groups is 1. The zero-order valence-corrected chi connectivity index (χ0v) is 17.2. The number of aromatic nitrogens is 3. The van der Waals surface area contributed by atoms with E-state index in [1.807, 2.05) is 41.2 Å². The van der Waals surface area contributed by atoms with Gasteiger partial charge in [-0.05, 0) is 36.2 Å². The molecular formula is C22H25FN6O. The summed E-state index contributed by atoms with van der Waals surface area (Å²) in [6.07, 6.45) is 7.44. The van der Waals surface area contributed by atoms with E-state index in [0.717, 1.165) is 35.6 Å². The minimum absolute atomic E-state index is 0.0203. The van der Waals surface area contributed by atoms with E-state index in [1.165, 1.54) is 12.1 Å². The number of anilines is 1. The molecule has 1 aliphatic heterocycles. The Balaban J connectivity index is 1.39. The highest BCUT2D eigenvalue weighted by Gasteiger charge is 2.25. The maximum Gasteiger partial charge on any atom is 0.320 e. The normalized spacial score (nSPS) is 14.1. The van der Waals surface area contributed by atoms with Gasteiger partial charge >= 0.3 is 6.03 Å². The van der Waals surface area contributed by atoms with E-state index < -0.39 is 0 Å². The number of halogens is 1. The van der Waals surface area contributed by atoms with Crippen molar-refractivity contribution in [2.75, 3.05) is 38.1 Å². The number of benzene rings is 1. The smallest absolute Gasteiger partial charge is 0.320 e. The van der Waals surface area contributed by atoms with E-state index in [1.54, 1.807) is 30.3 Å². The maximum absolute atomic E-state index is 13.1. The summed E-state index contributed by atoms with van der Waals surface area (Å²) in [6, 6.07) is 8.18. The molecule has 0 unspecified atom stereocenters. The van der Waals surface area contributed by atoms with Crippen LogP contribution in [0.2, 0.25) is 0 Å². The fourth-order valence-electron chi connectivity index (χ4n) is 3.67. The average molecular weight is 408 g/mol. The third-order valence-corrected chi connectivity index (χ3v) is 5.29. The number of carbonyl (C=O) groups excluding carboxylic acids is 1. The van der Waals surface area contributed by atoms with Gasteiger partial charge in [-0.1, -0.05) is 12.1 Å². The number of carbonyl (C=O) groups is 1. The van der Waals surface area contributed by atoms with Crippen molar-refractivity contribution < 1.29 is 9.18 Å². The lowest BCUT2D eigenvalue weighted by molar-refractivity contribution is 0.157. The lowest BCUT2D eigenvalue weighted by Gasteiger charge is -2.38. The Hall–Kier alpha value is -3.42. The van der Waals surface area contributed by atoms with Gasteiger partial charge in [0.25, 0.3) is 0 Å². The molecule has 8 heteroatoms. The van der Waals surface area contributed by atoms with Gasteiger partial charge in [0.2, 0.25) is 0 Å². The molecule has 0 aliphatic carbocycles. The van der Waals surface area contributed by atoms with Crippen LogP contribution >= 0.6 is 0 Å². The summed E-state index contributed by atoms with van der Waals surface area (Å²) in [5, 5.41) is 4.42. The molecule has 0 radical (unpaired) electrons. The first-order valence-corrected chi connectivity index (χ1v) is 9.96. The highest BCUT2D eigenvalue weighted by molar-refractivity contribution is 5.74. The molecule has 0 bridgehead atoms. The van der Waals surface area contributed by atoms with Crippen molar-refractivity contribution in [2.45, 2.75) is 13.5 Å². The van der Waals surface area contributed by atoms with Gasteiger partial charge in [-0.15, -0.1) is 0 Å². The van der Waals surface area contributed by atoms with Crippen LogP contribution in [0, 0.1) is 12.7 Å². The topological polar surface area (TPSA) is 57.5 Å². The van der Waals surface area contributed by atoms with Crippen LogP contribution in [0.3, 0.4) is 0 Å². The molecule has 0 saturated carbocycles. The Morgan fingerprint density at radius 3 is 2.47 bits per heavy atom. The summed E-state index contributed by atoms with van der Waals surface area (Å²) in [7, 11) is 1.78. The molecule has 0 atom stereocenters. The van der Waals surface area contributed by atoms with E-state index >= 15 is 0 Å². The van der Waals surface area contributed by atoms with Gasteiger partial charge in [-0.25, -0.2) is 13.9 Å². The summed E-state index contributed by atoms with van der Waals surface area (Å²) >= 11 is 0. The van der Waals surface area contributed by atoms with Crippen LogP contribution in [-0.2, 0) is 6.54 Å². The minimum Gasteiger partial charge on any atom is -0.365 e. The SMILES string of the molecule is Cc1cnn(-c2ccncc2N2CCN(C(=O)N(C)Cc3ccc(F)cc3)CC2)c1. The second-order valence-corrected chi connectivity index (χ2v) is 7.57. The van der Waals surface area contributed by atoms with Gasteiger partial charge in [0.1, 0.15) is 5.82 Å². The molecule has 3 heterocycles. The zero-order chi connectivity index (χ0) is 21.1. The van der Waals surface area contributed by atoms with Gasteiger partial charge in [-0.3, -0.25) is 4.98 Å². The zero-order valence-electron chi connectivity index (χ0n) is 17.2. The van der Waals surface area contributed by atoms with E-state index in [2.05, 4.69) is 15.0 Å². The van der Waals surface area contributed by atoms with E-state index in [0.29, 0.717) is 19.6 Å². The quantitative estimate of drug-likeness (QED) is 0.666. The molecule has 1 aliphatic rings. The minimum atomic E-state index is -0.274. The number of nitrogens with zero attached hydrogens (tertiary/aromatic N) is 6. The van der Waals surface area contributed by atoms with Crippen molar-refractivity contribution in [3.05, 3.63) is 72.1 Å². The van der Waals surface area contributed by atoms with E-state index in [4.69, 9.17) is 0 Å². The predicted molar refractivity (Wildman–Crippen MR) is 113 cm³/mol. The Labute approximate surface area is 175 Å². The van der Waals surface area contributed by atoms with E-state index in [-0.39, 0.29) is 11.8 Å². The number of amides is 2. The molecule has 30 heavy (non-hydrogen) atoms. The van der Waals surface area contributed by atoms with Crippen LogP contribution in [0.15, 0.2) is 55.1 Å². The van der Waals surface area contributed by atoms with Crippen LogP contribution in [0.1, 0.15) is 11.1 Å². The Morgan fingerprint density at radius 2 is 1.80 bits per heavy atom. The first-order valence-electron chi connectivity index (χ1n) is 9.96. The lowest BCUT2D eigenvalue weighted by atomic mass is 10.2. The van der Waals surface area contributed by atoms with Crippen LogP contribution < -0.4 is 4.90 Å². The second-order valence-electron chi connectivity index (χ2n) is 7.57. The summed E-state index contributed by atoms with van der Waals surface area (Å²) in [4.78, 5) is 22.9. The summed E-state index contributed by atoms with van der Waals surface area (Å²) < 4.78 is 14.9. The van der Waals surface area contributed by atoms with Crippen LogP contribution in [0.25, 0.3) is 5.69 Å². The van der Waals surface area contributed by atoms with Crippen LogP contribution in [0.4, 0.5) is 14.9 Å². The molecule has 1 aromatic carbocycles. The molecular weight excluding hydrogens is 383 g/mol. The van der Waals surface area contributed by atoms with Crippen LogP contribution in [-0.4, -0.2) is 63.8 Å². The van der Waals surface area contributed by atoms with E-state index in [9.17, 15) is 9.18 Å². The number of rotatable bonds is 4. The number of hydrogen-bond acceptors (Lipinski definition) is 4. The van der Waals surface area contributed by atoms with Gasteiger partial charge in [0.05, 0.1) is 23.8 Å². The molecule has 0 N–H and O–H groups in total. The molecule has 1 fully saturated rings. The van der Waals surface area contributed by atoms with Crippen molar-refractivity contribution >= 4 is 11.7 Å². The first kappa shape index (κ1) is 19.9. The van der Waals surface area contributed by atoms with Crippen molar-refractivity contribution in [2.24, 2.45) is 0 Å². The summed E-state index contributed by atoms with van der Waals surface area (Å²) in [6.45, 7) is 5.14. The number of aryl methyl sites for hydroxylation is 1. The predicted octanol–water partition coefficient (Wildman–Crippen LogP) is 3.09. The van der Waals surface area contributed by atoms with Crippen molar-refractivity contribution in [3.8, 4) is 5.69 Å². The average Bonchev–Trinajstić information content (AvgIpc) is 3.21. The lowest BCUT2D eigenvalue weighted by Crippen LogP contribution is -2.52. The largest absolute Gasteiger partial charge is 0.365 e. The molecule has 4 rings (SSSR count). The highest BCUT2D eigenvalue weighted by Crippen LogP contribution is 2.24. The van der Waals surface area contributed by atoms with Gasteiger partial charge in [-0.2, -0.15) is 5.10 Å². The molecule has 7 nitrogen and oxygen atoms in total. The van der Waals surface area contributed by atoms with Gasteiger partial charge < -0.3 is 14.7 Å². The summed E-state index contributed by atoms with van der Waals surface area (Å²) in [5.41, 5.74) is 3.98. The molecule has 3 aromatic rings. The van der Waals surface area contributed by atoms with Crippen molar-refractivity contribution in [1.82, 2.24) is 24.6 Å². The Kier molecular flexibility index (Phi) is 5.65. The van der Waals surface area contributed by atoms with Crippen LogP contribution in [0.5, 0.6) is 0 Å². The van der Waals surface area contributed by atoms with Gasteiger partial charge in [0.15, 0.2) is 0 Å². The molecule has 1 saturated heterocycles. The Morgan fingerprint density at radius 1 is 1.07 bits per heavy atom. The fourth-order valence-corrected chi connectivity index (χ4v) is 3.67. The monoisotopic (exact) mass is 408 g/mol. The molecule has 156 valence electrons. The standard InChI is InChI=1S/C22H25FN6O/c1-17-13-25-29(15-17)20-7-8-24-14-21(20)27-9-11-28(12-10-27)22(30)26(2)16-18-3-5-19(23)6-4-18/h3-8,13-15H,9-12,16H2,1-2H3. The van der Waals surface area contributed by atoms with Crippen molar-refractivity contribution in [3.63, 3.8) is 0 Å². The number of hydrogen-bond donors (Lipinski definition) is 0. The fraction of sp³-hybridized carbons (Fsp3) is 0.318. The van der Waals surface area contributed by atoms with Crippen molar-refractivity contribution in [1.29, 1.82) is 0 Å². The number of piperazine rings is 1. The number of pyridine rings is 1. The second kappa shape index (κ2) is 8.52. The summed E-state index contributed by atoms with van der Waals surface area (Å²) in [5.74, 6) is -0.274.